The van der Waals surface area contributed by atoms with Crippen molar-refractivity contribution in [2.75, 3.05) is 5.75 Å². The van der Waals surface area contributed by atoms with Crippen LogP contribution in [0.2, 0.25) is 0 Å². The second kappa shape index (κ2) is 2.91. The Hall–Kier alpha value is 0.700. The normalized spacial score (nSPS) is 15.0. The number of rotatable bonds is 1. The van der Waals surface area contributed by atoms with E-state index in [0.717, 1.165) is 5.75 Å². The van der Waals surface area contributed by atoms with Gasteiger partial charge < -0.3 is 0 Å². The first-order valence-corrected chi connectivity index (χ1v) is 2.54. The number of hydrogen-bond acceptors (Lipinski definition) is 2. The van der Waals surface area contributed by atoms with Crippen LogP contribution in [0.3, 0.4) is 0 Å². The molecule has 0 aliphatic rings. The maximum Gasteiger partial charge on any atom is 0.0105 e. The lowest BCUT2D eigenvalue weighted by Crippen LogP contribution is -1.88. The topological polar surface area (TPSA) is 0 Å². The van der Waals surface area contributed by atoms with Gasteiger partial charge in [-0.2, -0.15) is 25.3 Å². The van der Waals surface area contributed by atoms with E-state index >= 15 is 0 Å². The summed E-state index contributed by atoms with van der Waals surface area (Å²) in [5.41, 5.74) is 0. The predicted molar refractivity (Wildman–Crippen MR) is 32.0 cm³/mol. The zero-order valence-electron chi connectivity index (χ0n) is 2.89. The largest absolute Gasteiger partial charge is 0.178 e. The Balaban J connectivity index is 2.54. The molecule has 0 amide bonds. The molecule has 0 aromatic carbocycles. The van der Waals surface area contributed by atoms with Crippen molar-refractivity contribution in [1.29, 1.82) is 0 Å². The molecule has 0 aliphatic heterocycles. The summed E-state index contributed by atoms with van der Waals surface area (Å²) in [6, 6.07) is 0. The summed E-state index contributed by atoms with van der Waals surface area (Å²) in [5.74, 6) is 0.753. The van der Waals surface area contributed by atoms with E-state index in [1.807, 2.05) is 0 Å². The van der Waals surface area contributed by atoms with Gasteiger partial charge in [-0.1, -0.05) is 0 Å². The zero-order valence-corrected chi connectivity index (χ0v) is 4.67. The minimum absolute atomic E-state index is 0.193. The molecule has 1 atom stereocenters. The Labute approximate surface area is 43.8 Å². The van der Waals surface area contributed by atoms with Crippen LogP contribution in [0, 0.1) is 6.92 Å². The van der Waals surface area contributed by atoms with Crippen molar-refractivity contribution in [3.05, 3.63) is 6.92 Å². The standard InChI is InChI=1S/C3H7S2/c1-3(5)2-4/h3-5H,1-2H2. The summed E-state index contributed by atoms with van der Waals surface area (Å²) in [6.07, 6.45) is 0. The van der Waals surface area contributed by atoms with Crippen LogP contribution in [0.5, 0.6) is 0 Å². The Bertz CT molecular complexity index is 18.9. The molecule has 1 radical (unpaired) electrons. The molecule has 31 valence electrons. The van der Waals surface area contributed by atoms with E-state index in [-0.39, 0.29) is 5.25 Å². The van der Waals surface area contributed by atoms with Gasteiger partial charge in [-0.25, -0.2) is 0 Å². The van der Waals surface area contributed by atoms with E-state index in [4.69, 9.17) is 0 Å². The van der Waals surface area contributed by atoms with Crippen molar-refractivity contribution >= 4 is 25.3 Å². The van der Waals surface area contributed by atoms with Gasteiger partial charge in [-0.15, -0.1) is 0 Å². The third-order valence-electron chi connectivity index (χ3n) is 0.211. The third kappa shape index (κ3) is 4.70. The van der Waals surface area contributed by atoms with Gasteiger partial charge >= 0.3 is 0 Å². The molecule has 0 N–H and O–H groups in total. The molecule has 0 saturated carbocycles. The van der Waals surface area contributed by atoms with Crippen molar-refractivity contribution in [1.82, 2.24) is 0 Å². The van der Waals surface area contributed by atoms with E-state index < -0.39 is 0 Å². The van der Waals surface area contributed by atoms with Gasteiger partial charge in [0, 0.05) is 11.0 Å². The van der Waals surface area contributed by atoms with Crippen LogP contribution in [0.25, 0.3) is 0 Å². The minimum atomic E-state index is 0.193. The maximum absolute atomic E-state index is 3.91. The summed E-state index contributed by atoms with van der Waals surface area (Å²) >= 11 is 7.79. The highest BCUT2D eigenvalue weighted by atomic mass is 32.1. The average Bonchev–Trinajstić information content (AvgIpc) is 1.38. The monoisotopic (exact) mass is 107 g/mol. The van der Waals surface area contributed by atoms with Gasteiger partial charge in [0.1, 0.15) is 0 Å². The van der Waals surface area contributed by atoms with Gasteiger partial charge in [0.2, 0.25) is 0 Å². The van der Waals surface area contributed by atoms with Gasteiger partial charge in [0.25, 0.3) is 0 Å². The quantitative estimate of drug-likeness (QED) is 0.460. The summed E-state index contributed by atoms with van der Waals surface area (Å²) in [6.45, 7) is 3.54. The fraction of sp³-hybridized carbons (Fsp3) is 0.667. The Morgan fingerprint density at radius 1 is 1.80 bits per heavy atom. The smallest absolute Gasteiger partial charge is 0.0105 e. The van der Waals surface area contributed by atoms with Crippen LogP contribution >= 0.6 is 25.3 Å². The van der Waals surface area contributed by atoms with Gasteiger partial charge in [0.15, 0.2) is 0 Å². The molecule has 0 spiro atoms. The SMILES string of the molecule is [CH2]C(S)CS. The first kappa shape index (κ1) is 5.70. The lowest BCUT2D eigenvalue weighted by Gasteiger charge is -1.88. The molecular weight excluding hydrogens is 100 g/mol. The molecule has 0 bridgehead atoms. The van der Waals surface area contributed by atoms with Crippen molar-refractivity contribution in [2.24, 2.45) is 0 Å². The van der Waals surface area contributed by atoms with E-state index in [1.165, 1.54) is 0 Å². The lowest BCUT2D eigenvalue weighted by atomic mass is 10.6. The molecule has 2 heteroatoms. The van der Waals surface area contributed by atoms with Gasteiger partial charge in [-0.05, 0) is 6.92 Å². The van der Waals surface area contributed by atoms with Crippen molar-refractivity contribution in [3.63, 3.8) is 0 Å². The molecule has 0 aromatic rings. The fourth-order valence-electron chi connectivity index (χ4n) is 0. The zero-order chi connectivity index (χ0) is 4.28. The highest BCUT2D eigenvalue weighted by Gasteiger charge is 1.82. The molecule has 0 nitrogen and oxygen atoms in total. The van der Waals surface area contributed by atoms with E-state index in [2.05, 4.69) is 32.2 Å². The van der Waals surface area contributed by atoms with Crippen molar-refractivity contribution in [3.8, 4) is 0 Å². The first-order chi connectivity index (χ1) is 2.27. The second-order valence-electron chi connectivity index (χ2n) is 0.836. The Kier molecular flexibility index (Phi) is 3.32. The maximum atomic E-state index is 3.91. The van der Waals surface area contributed by atoms with Crippen LogP contribution in [-0.2, 0) is 0 Å². The van der Waals surface area contributed by atoms with Crippen molar-refractivity contribution in [2.45, 2.75) is 5.25 Å². The van der Waals surface area contributed by atoms with E-state index in [9.17, 15) is 0 Å². The molecule has 5 heavy (non-hydrogen) atoms. The summed E-state index contributed by atoms with van der Waals surface area (Å²) in [5, 5.41) is 0.193. The van der Waals surface area contributed by atoms with Gasteiger partial charge in [0.05, 0.1) is 0 Å². The summed E-state index contributed by atoms with van der Waals surface area (Å²) < 4.78 is 0. The summed E-state index contributed by atoms with van der Waals surface area (Å²) in [7, 11) is 0. The molecular formula is C3H7S2. The molecule has 0 aromatic heterocycles. The molecule has 0 rings (SSSR count). The van der Waals surface area contributed by atoms with Crippen LogP contribution in [0.1, 0.15) is 0 Å². The molecule has 0 saturated heterocycles. The highest BCUT2D eigenvalue weighted by Crippen LogP contribution is 1.91. The lowest BCUT2D eigenvalue weighted by molar-refractivity contribution is 1.29. The van der Waals surface area contributed by atoms with Crippen LogP contribution in [0.4, 0.5) is 0 Å². The predicted octanol–water partition coefficient (Wildman–Crippen LogP) is 1.05. The molecule has 0 fully saturated rings. The number of thiol groups is 2. The average molecular weight is 107 g/mol. The van der Waals surface area contributed by atoms with Crippen LogP contribution in [0.15, 0.2) is 0 Å². The van der Waals surface area contributed by atoms with Crippen LogP contribution in [-0.4, -0.2) is 11.0 Å². The third-order valence-corrected chi connectivity index (χ3v) is 1.12. The van der Waals surface area contributed by atoms with Crippen LogP contribution < -0.4 is 0 Å². The highest BCUT2D eigenvalue weighted by molar-refractivity contribution is 7.84. The molecule has 1 unspecified atom stereocenters. The molecule has 0 aliphatic carbocycles. The minimum Gasteiger partial charge on any atom is -0.178 e. The van der Waals surface area contributed by atoms with E-state index in [0.29, 0.717) is 0 Å². The number of hydrogen-bond donors (Lipinski definition) is 2. The fourth-order valence-corrected chi connectivity index (χ4v) is 0. The van der Waals surface area contributed by atoms with Gasteiger partial charge in [-0.3, -0.25) is 0 Å². The Morgan fingerprint density at radius 2 is 2.00 bits per heavy atom. The van der Waals surface area contributed by atoms with Crippen molar-refractivity contribution < 1.29 is 0 Å². The summed E-state index contributed by atoms with van der Waals surface area (Å²) in [4.78, 5) is 0. The molecule has 0 heterocycles. The second-order valence-corrected chi connectivity index (χ2v) is 1.93. The van der Waals surface area contributed by atoms with E-state index in [1.54, 1.807) is 0 Å². The Morgan fingerprint density at radius 3 is 2.00 bits per heavy atom. The first-order valence-electron chi connectivity index (χ1n) is 1.39.